The van der Waals surface area contributed by atoms with Crippen LogP contribution in [-0.4, -0.2) is 63.3 Å². The van der Waals surface area contributed by atoms with Gasteiger partial charge in [-0.25, -0.2) is 0 Å². The van der Waals surface area contributed by atoms with Crippen LogP contribution in [0.4, 0.5) is 0 Å². The number of nitrogens with zero attached hydrogens (tertiary/aromatic N) is 2. The Bertz CT molecular complexity index is 156. The first-order valence-electron chi connectivity index (χ1n) is 6.73. The van der Waals surface area contributed by atoms with E-state index in [1.165, 1.54) is 64.8 Å². The third kappa shape index (κ3) is 6.46. The molecule has 0 aliphatic carbocycles. The lowest BCUT2D eigenvalue weighted by Gasteiger charge is -2.32. The zero-order chi connectivity index (χ0) is 11.6. The molecule has 0 atom stereocenters. The molecule has 1 aliphatic rings. The summed E-state index contributed by atoms with van der Waals surface area (Å²) in [7, 11) is 4.00. The number of ether oxygens (including phenoxy) is 1. The molecule has 0 aromatic rings. The van der Waals surface area contributed by atoms with Crippen molar-refractivity contribution >= 4 is 0 Å². The Hall–Kier alpha value is -0.120. The minimum absolute atomic E-state index is 0.929. The summed E-state index contributed by atoms with van der Waals surface area (Å²) < 4.78 is 5.04. The molecule has 1 heterocycles. The largest absolute Gasteiger partial charge is 0.385 e. The van der Waals surface area contributed by atoms with Crippen molar-refractivity contribution in [3.8, 4) is 0 Å². The number of hydrogen-bond acceptors (Lipinski definition) is 3. The van der Waals surface area contributed by atoms with Crippen LogP contribution in [0.5, 0.6) is 0 Å². The number of rotatable bonds is 8. The number of hydrogen-bond donors (Lipinski definition) is 0. The first-order chi connectivity index (χ1) is 7.83. The van der Waals surface area contributed by atoms with Crippen molar-refractivity contribution in [3.63, 3.8) is 0 Å². The van der Waals surface area contributed by atoms with Gasteiger partial charge in [0.25, 0.3) is 0 Å². The number of piperazine rings is 1. The van der Waals surface area contributed by atoms with Gasteiger partial charge in [0.05, 0.1) is 0 Å². The van der Waals surface area contributed by atoms with Gasteiger partial charge in [-0.1, -0.05) is 19.3 Å². The summed E-state index contributed by atoms with van der Waals surface area (Å²) in [5.41, 5.74) is 0. The lowest BCUT2D eigenvalue weighted by Crippen LogP contribution is -2.44. The summed E-state index contributed by atoms with van der Waals surface area (Å²) in [6, 6.07) is 0. The molecule has 0 radical (unpaired) electrons. The zero-order valence-corrected chi connectivity index (χ0v) is 11.1. The van der Waals surface area contributed by atoms with E-state index >= 15 is 0 Å². The maximum Gasteiger partial charge on any atom is 0.0462 e. The monoisotopic (exact) mass is 228 g/mol. The Morgan fingerprint density at radius 1 is 0.875 bits per heavy atom. The Kier molecular flexibility index (Phi) is 7.81. The van der Waals surface area contributed by atoms with Crippen LogP contribution in [0, 0.1) is 0 Å². The number of likely N-dealkylation sites (N-methyl/N-ethyl adjacent to an activating group) is 1. The molecule has 96 valence electrons. The summed E-state index contributed by atoms with van der Waals surface area (Å²) in [5, 5.41) is 0. The standard InChI is InChI=1S/C13H28N2O/c1-14-9-11-15(12-10-14)8-6-4-3-5-7-13-16-2/h3-13H2,1-2H3. The Morgan fingerprint density at radius 3 is 2.19 bits per heavy atom. The van der Waals surface area contributed by atoms with Crippen molar-refractivity contribution < 1.29 is 4.74 Å². The van der Waals surface area contributed by atoms with E-state index in [0.29, 0.717) is 0 Å². The Morgan fingerprint density at radius 2 is 1.50 bits per heavy atom. The molecule has 3 heteroatoms. The van der Waals surface area contributed by atoms with E-state index in [2.05, 4.69) is 16.8 Å². The first kappa shape index (κ1) is 13.9. The molecule has 0 spiro atoms. The average Bonchev–Trinajstić information content (AvgIpc) is 2.30. The molecular weight excluding hydrogens is 200 g/mol. The van der Waals surface area contributed by atoms with Gasteiger partial charge in [0.2, 0.25) is 0 Å². The van der Waals surface area contributed by atoms with Crippen molar-refractivity contribution in [1.29, 1.82) is 0 Å². The van der Waals surface area contributed by atoms with Crippen LogP contribution in [0.25, 0.3) is 0 Å². The van der Waals surface area contributed by atoms with Gasteiger partial charge in [-0.3, -0.25) is 0 Å². The highest BCUT2D eigenvalue weighted by Gasteiger charge is 2.12. The normalized spacial score (nSPS) is 19.1. The van der Waals surface area contributed by atoms with Crippen LogP contribution in [0.15, 0.2) is 0 Å². The predicted molar refractivity (Wildman–Crippen MR) is 68.9 cm³/mol. The molecule has 16 heavy (non-hydrogen) atoms. The molecule has 0 amide bonds. The fourth-order valence-electron chi connectivity index (χ4n) is 2.18. The van der Waals surface area contributed by atoms with Gasteiger partial charge in [0.15, 0.2) is 0 Å². The molecule has 0 aromatic carbocycles. The van der Waals surface area contributed by atoms with E-state index in [9.17, 15) is 0 Å². The summed E-state index contributed by atoms with van der Waals surface area (Å²) in [6.45, 7) is 7.25. The molecule has 1 fully saturated rings. The minimum atomic E-state index is 0.929. The number of methoxy groups -OCH3 is 1. The SMILES string of the molecule is COCCCCCCCN1CCN(C)CC1. The second-order valence-electron chi connectivity index (χ2n) is 4.91. The highest BCUT2D eigenvalue weighted by molar-refractivity contribution is 4.68. The molecule has 1 saturated heterocycles. The second-order valence-corrected chi connectivity index (χ2v) is 4.91. The Labute approximate surface area is 101 Å². The molecule has 1 aliphatic heterocycles. The topological polar surface area (TPSA) is 15.7 Å². The average molecular weight is 228 g/mol. The van der Waals surface area contributed by atoms with E-state index in [-0.39, 0.29) is 0 Å². The lowest BCUT2D eigenvalue weighted by atomic mass is 10.1. The van der Waals surface area contributed by atoms with E-state index in [1.54, 1.807) is 7.11 Å². The van der Waals surface area contributed by atoms with Crippen molar-refractivity contribution in [2.24, 2.45) is 0 Å². The summed E-state index contributed by atoms with van der Waals surface area (Å²) in [4.78, 5) is 5.02. The highest BCUT2D eigenvalue weighted by Crippen LogP contribution is 2.06. The molecule has 0 N–H and O–H groups in total. The molecule has 0 unspecified atom stereocenters. The summed E-state index contributed by atoms with van der Waals surface area (Å²) >= 11 is 0. The van der Waals surface area contributed by atoms with E-state index < -0.39 is 0 Å². The van der Waals surface area contributed by atoms with Gasteiger partial charge >= 0.3 is 0 Å². The third-order valence-electron chi connectivity index (χ3n) is 3.42. The Balaban J connectivity index is 1.84. The van der Waals surface area contributed by atoms with Crippen LogP contribution >= 0.6 is 0 Å². The zero-order valence-electron chi connectivity index (χ0n) is 11.1. The third-order valence-corrected chi connectivity index (χ3v) is 3.42. The van der Waals surface area contributed by atoms with Crippen LogP contribution in [0.3, 0.4) is 0 Å². The van der Waals surface area contributed by atoms with Gasteiger partial charge in [0, 0.05) is 39.9 Å². The summed E-state index contributed by atoms with van der Waals surface area (Å²) in [5.74, 6) is 0. The van der Waals surface area contributed by atoms with Crippen molar-refractivity contribution in [1.82, 2.24) is 9.80 Å². The minimum Gasteiger partial charge on any atom is -0.385 e. The molecule has 0 aromatic heterocycles. The van der Waals surface area contributed by atoms with Gasteiger partial charge in [0.1, 0.15) is 0 Å². The highest BCUT2D eigenvalue weighted by atomic mass is 16.5. The second kappa shape index (κ2) is 8.97. The number of unbranched alkanes of at least 4 members (excludes halogenated alkanes) is 4. The molecule has 0 bridgehead atoms. The van der Waals surface area contributed by atoms with E-state index in [1.807, 2.05) is 0 Å². The van der Waals surface area contributed by atoms with Gasteiger partial charge < -0.3 is 14.5 Å². The smallest absolute Gasteiger partial charge is 0.0462 e. The van der Waals surface area contributed by atoms with Crippen LogP contribution < -0.4 is 0 Å². The molecule has 3 nitrogen and oxygen atoms in total. The molecule has 1 rings (SSSR count). The van der Waals surface area contributed by atoms with Gasteiger partial charge in [-0.2, -0.15) is 0 Å². The fourth-order valence-corrected chi connectivity index (χ4v) is 2.18. The summed E-state index contributed by atoms with van der Waals surface area (Å²) in [6.07, 6.45) is 6.69. The van der Waals surface area contributed by atoms with Crippen LogP contribution in [-0.2, 0) is 4.74 Å². The maximum atomic E-state index is 5.04. The van der Waals surface area contributed by atoms with E-state index in [4.69, 9.17) is 4.74 Å². The molecular formula is C13H28N2O. The fraction of sp³-hybridized carbons (Fsp3) is 1.00. The first-order valence-corrected chi connectivity index (χ1v) is 6.73. The van der Waals surface area contributed by atoms with Crippen molar-refractivity contribution in [2.75, 3.05) is 53.5 Å². The quantitative estimate of drug-likeness (QED) is 0.590. The van der Waals surface area contributed by atoms with E-state index in [0.717, 1.165) is 6.61 Å². The predicted octanol–water partition coefficient (Wildman–Crippen LogP) is 1.83. The lowest BCUT2D eigenvalue weighted by molar-refractivity contribution is 0.151. The van der Waals surface area contributed by atoms with Gasteiger partial charge in [-0.05, 0) is 26.4 Å². The van der Waals surface area contributed by atoms with Crippen molar-refractivity contribution in [3.05, 3.63) is 0 Å². The van der Waals surface area contributed by atoms with Crippen LogP contribution in [0.2, 0.25) is 0 Å². The maximum absolute atomic E-state index is 5.04. The van der Waals surface area contributed by atoms with Gasteiger partial charge in [-0.15, -0.1) is 0 Å². The van der Waals surface area contributed by atoms with Crippen LogP contribution in [0.1, 0.15) is 32.1 Å². The molecule has 0 saturated carbocycles. The van der Waals surface area contributed by atoms with Crippen molar-refractivity contribution in [2.45, 2.75) is 32.1 Å².